The highest BCUT2D eigenvalue weighted by molar-refractivity contribution is 7.80. The number of nitrogens with one attached hydrogen (secondary N) is 3. The Morgan fingerprint density at radius 2 is 1.89 bits per heavy atom. The molecule has 3 aromatic rings. The van der Waals surface area contributed by atoms with Crippen molar-refractivity contribution in [3.63, 3.8) is 0 Å². The van der Waals surface area contributed by atoms with Crippen molar-refractivity contribution in [2.24, 2.45) is 0 Å². The van der Waals surface area contributed by atoms with Crippen LogP contribution in [0, 0.1) is 0 Å². The van der Waals surface area contributed by atoms with Gasteiger partial charge in [0.05, 0.1) is 0 Å². The third-order valence-electron chi connectivity index (χ3n) is 3.82. The molecular weight excluding hydrogens is 378 g/mol. The van der Waals surface area contributed by atoms with Gasteiger partial charge in [0.2, 0.25) is 0 Å². The Morgan fingerprint density at radius 3 is 2.64 bits per heavy atom. The lowest BCUT2D eigenvalue weighted by Crippen LogP contribution is -2.48. The van der Waals surface area contributed by atoms with Gasteiger partial charge in [-0.2, -0.15) is 0 Å². The predicted molar refractivity (Wildman–Crippen MR) is 111 cm³/mol. The van der Waals surface area contributed by atoms with Crippen molar-refractivity contribution in [2.75, 3.05) is 13.2 Å². The fraction of sp³-hybridized carbons (Fsp3) is 0.150. The van der Waals surface area contributed by atoms with Gasteiger partial charge in [-0.1, -0.05) is 30.3 Å². The molecule has 0 bridgehead atoms. The fourth-order valence-electron chi connectivity index (χ4n) is 2.61. The summed E-state index contributed by atoms with van der Waals surface area (Å²) in [5.74, 6) is 0.00473. The molecule has 1 amide bonds. The van der Waals surface area contributed by atoms with E-state index in [0.29, 0.717) is 23.0 Å². The second kappa shape index (κ2) is 9.01. The molecule has 3 rings (SSSR count). The monoisotopic (exact) mass is 397 g/mol. The van der Waals surface area contributed by atoms with E-state index >= 15 is 0 Å². The zero-order chi connectivity index (χ0) is 19.9. The first kappa shape index (κ1) is 19.4. The molecule has 0 aliphatic carbocycles. The Balaban J connectivity index is 1.73. The van der Waals surface area contributed by atoms with Gasteiger partial charge in [-0.3, -0.25) is 15.6 Å². The Bertz CT molecular complexity index is 1050. The molecule has 0 aliphatic rings. The predicted octanol–water partition coefficient (Wildman–Crippen LogP) is 2.35. The summed E-state index contributed by atoms with van der Waals surface area (Å²) in [6.07, 6.45) is 0. The smallest absolute Gasteiger partial charge is 0.336 e. The Kier molecular flexibility index (Phi) is 6.23. The van der Waals surface area contributed by atoms with Crippen molar-refractivity contribution in [1.82, 2.24) is 16.2 Å². The minimum atomic E-state index is -0.456. The third kappa shape index (κ3) is 4.86. The van der Waals surface area contributed by atoms with E-state index in [4.69, 9.17) is 21.4 Å². The number of fused-ring (bicyclic) bond motifs is 1. The standard InChI is InChI=1S/C20H19N3O4S/c1-2-21-20(28)23-22-18(24)12-26-14-8-9-15-16(13-6-4-3-5-7-13)11-19(25)27-17(15)10-14/h3-11H,2,12H2,1H3,(H,22,24)(H2,21,23,28). The van der Waals surface area contributed by atoms with Crippen molar-refractivity contribution in [1.29, 1.82) is 0 Å². The van der Waals surface area contributed by atoms with Crippen LogP contribution in [0.1, 0.15) is 6.92 Å². The Hall–Kier alpha value is -3.39. The summed E-state index contributed by atoms with van der Waals surface area (Å²) in [5, 5.41) is 3.94. The molecule has 0 radical (unpaired) electrons. The van der Waals surface area contributed by atoms with Crippen LogP contribution in [0.25, 0.3) is 22.1 Å². The summed E-state index contributed by atoms with van der Waals surface area (Å²) in [5.41, 5.74) is 6.60. The topological polar surface area (TPSA) is 92.6 Å². The summed E-state index contributed by atoms with van der Waals surface area (Å²) < 4.78 is 10.8. The van der Waals surface area contributed by atoms with Gasteiger partial charge >= 0.3 is 5.63 Å². The minimum absolute atomic E-state index is 0.226. The molecule has 0 spiro atoms. The molecule has 0 fully saturated rings. The van der Waals surface area contributed by atoms with Crippen LogP contribution in [0.4, 0.5) is 0 Å². The van der Waals surface area contributed by atoms with Gasteiger partial charge in [0.25, 0.3) is 5.91 Å². The van der Waals surface area contributed by atoms with Crippen molar-refractivity contribution in [2.45, 2.75) is 6.92 Å². The molecule has 144 valence electrons. The number of hydrogen-bond acceptors (Lipinski definition) is 5. The van der Waals surface area contributed by atoms with Gasteiger partial charge < -0.3 is 14.5 Å². The van der Waals surface area contributed by atoms with E-state index in [2.05, 4.69) is 16.2 Å². The number of amides is 1. The molecule has 1 aromatic heterocycles. The van der Waals surface area contributed by atoms with Gasteiger partial charge in [-0.05, 0) is 42.4 Å². The number of carbonyl (C=O) groups excluding carboxylic acids is 1. The van der Waals surface area contributed by atoms with Gasteiger partial charge in [-0.15, -0.1) is 0 Å². The first-order valence-electron chi connectivity index (χ1n) is 8.65. The molecule has 3 N–H and O–H groups in total. The van der Waals surface area contributed by atoms with E-state index in [1.165, 1.54) is 6.07 Å². The number of thiocarbonyl (C=S) groups is 1. The van der Waals surface area contributed by atoms with Crippen LogP contribution in [0.15, 0.2) is 63.8 Å². The molecule has 0 unspecified atom stereocenters. The second-order valence-electron chi connectivity index (χ2n) is 5.82. The maximum Gasteiger partial charge on any atom is 0.336 e. The van der Waals surface area contributed by atoms with Crippen molar-refractivity contribution in [3.8, 4) is 16.9 Å². The summed E-state index contributed by atoms with van der Waals surface area (Å²) in [6, 6.07) is 16.1. The lowest BCUT2D eigenvalue weighted by Gasteiger charge is -2.11. The third-order valence-corrected chi connectivity index (χ3v) is 4.07. The normalized spacial score (nSPS) is 10.3. The van der Waals surface area contributed by atoms with Crippen molar-refractivity contribution < 1.29 is 13.9 Å². The highest BCUT2D eigenvalue weighted by atomic mass is 32.1. The summed E-state index contributed by atoms with van der Waals surface area (Å²) in [4.78, 5) is 23.8. The molecule has 28 heavy (non-hydrogen) atoms. The van der Waals surface area contributed by atoms with Gasteiger partial charge in [0.1, 0.15) is 11.3 Å². The van der Waals surface area contributed by atoms with E-state index in [0.717, 1.165) is 16.5 Å². The Morgan fingerprint density at radius 1 is 1.11 bits per heavy atom. The molecule has 0 saturated heterocycles. The minimum Gasteiger partial charge on any atom is -0.484 e. The first-order valence-corrected chi connectivity index (χ1v) is 9.06. The number of benzene rings is 2. The molecule has 0 aliphatic heterocycles. The number of hydrogen-bond donors (Lipinski definition) is 3. The van der Waals surface area contributed by atoms with Crippen LogP contribution in [0.5, 0.6) is 5.75 Å². The lowest BCUT2D eigenvalue weighted by molar-refractivity contribution is -0.123. The quantitative estimate of drug-likeness (QED) is 0.346. The molecular formula is C20H19N3O4S. The summed E-state index contributed by atoms with van der Waals surface area (Å²) in [6.45, 7) is 2.31. The summed E-state index contributed by atoms with van der Waals surface area (Å²) in [7, 11) is 0. The second-order valence-corrected chi connectivity index (χ2v) is 6.23. The number of ether oxygens (including phenoxy) is 1. The Labute approximate surface area is 166 Å². The molecule has 0 saturated carbocycles. The van der Waals surface area contributed by atoms with Gasteiger partial charge in [0, 0.05) is 24.1 Å². The highest BCUT2D eigenvalue weighted by Crippen LogP contribution is 2.29. The van der Waals surface area contributed by atoms with Crippen LogP contribution in [-0.2, 0) is 4.79 Å². The lowest BCUT2D eigenvalue weighted by atomic mass is 10.0. The molecule has 1 heterocycles. The van der Waals surface area contributed by atoms with Crippen LogP contribution < -0.4 is 26.5 Å². The average Bonchev–Trinajstić information content (AvgIpc) is 2.70. The van der Waals surface area contributed by atoms with Crippen LogP contribution >= 0.6 is 12.2 Å². The zero-order valence-corrected chi connectivity index (χ0v) is 16.0. The summed E-state index contributed by atoms with van der Waals surface area (Å²) >= 11 is 4.95. The number of rotatable bonds is 5. The van der Waals surface area contributed by atoms with Crippen LogP contribution in [0.3, 0.4) is 0 Å². The molecule has 0 atom stereocenters. The molecule has 8 heteroatoms. The van der Waals surface area contributed by atoms with E-state index in [9.17, 15) is 9.59 Å². The van der Waals surface area contributed by atoms with E-state index in [-0.39, 0.29) is 6.61 Å². The number of carbonyl (C=O) groups is 1. The zero-order valence-electron chi connectivity index (χ0n) is 15.2. The van der Waals surface area contributed by atoms with E-state index in [1.54, 1.807) is 18.2 Å². The maximum atomic E-state index is 12.0. The van der Waals surface area contributed by atoms with Gasteiger partial charge in [-0.25, -0.2) is 4.79 Å². The van der Waals surface area contributed by atoms with Gasteiger partial charge in [0.15, 0.2) is 11.7 Å². The largest absolute Gasteiger partial charge is 0.484 e. The average molecular weight is 397 g/mol. The maximum absolute atomic E-state index is 12.0. The van der Waals surface area contributed by atoms with E-state index < -0.39 is 11.5 Å². The molecule has 2 aromatic carbocycles. The van der Waals surface area contributed by atoms with Crippen molar-refractivity contribution in [3.05, 3.63) is 65.0 Å². The number of hydrazine groups is 1. The first-order chi connectivity index (χ1) is 13.6. The SMILES string of the molecule is CCNC(=S)NNC(=O)COc1ccc2c(-c3ccccc3)cc(=O)oc2c1. The van der Waals surface area contributed by atoms with Crippen LogP contribution in [0.2, 0.25) is 0 Å². The highest BCUT2D eigenvalue weighted by Gasteiger charge is 2.10. The fourth-order valence-corrected chi connectivity index (χ4v) is 2.80. The van der Waals surface area contributed by atoms with E-state index in [1.807, 2.05) is 37.3 Å². The molecule has 7 nitrogen and oxygen atoms in total. The van der Waals surface area contributed by atoms with Crippen molar-refractivity contribution >= 4 is 34.2 Å². The van der Waals surface area contributed by atoms with Crippen LogP contribution in [-0.4, -0.2) is 24.2 Å².